The van der Waals surface area contributed by atoms with Crippen molar-refractivity contribution in [1.29, 1.82) is 0 Å². The Kier molecular flexibility index (Phi) is 5.05. The second kappa shape index (κ2) is 7.21. The third-order valence-corrected chi connectivity index (χ3v) is 4.90. The van der Waals surface area contributed by atoms with Crippen molar-refractivity contribution in [2.75, 3.05) is 25.0 Å². The molecule has 1 aliphatic heterocycles. The molecule has 0 radical (unpaired) electrons. The number of hydrogen-bond donors (Lipinski definition) is 2. The molecule has 1 amide bonds. The SMILES string of the molecule is Cc1ccc(Cc2sc(NC(=O)C3CNCCO3)nc2C)cc1. The summed E-state index contributed by atoms with van der Waals surface area (Å²) in [5.41, 5.74) is 3.47. The molecule has 0 aliphatic carbocycles. The summed E-state index contributed by atoms with van der Waals surface area (Å²) in [5.74, 6) is -0.132. The summed E-state index contributed by atoms with van der Waals surface area (Å²) >= 11 is 1.53. The molecule has 2 heterocycles. The number of benzene rings is 1. The molecule has 2 aromatic rings. The third-order valence-electron chi connectivity index (χ3n) is 3.83. The van der Waals surface area contributed by atoms with E-state index >= 15 is 0 Å². The van der Waals surface area contributed by atoms with Crippen molar-refractivity contribution in [2.24, 2.45) is 0 Å². The van der Waals surface area contributed by atoms with Crippen LogP contribution in [0, 0.1) is 13.8 Å². The number of nitrogens with one attached hydrogen (secondary N) is 2. The number of thiazole rings is 1. The van der Waals surface area contributed by atoms with Crippen molar-refractivity contribution in [3.63, 3.8) is 0 Å². The van der Waals surface area contributed by atoms with Crippen LogP contribution in [0.1, 0.15) is 21.7 Å². The Balaban J connectivity index is 1.65. The van der Waals surface area contributed by atoms with E-state index in [1.54, 1.807) is 0 Å². The van der Waals surface area contributed by atoms with Crippen LogP contribution < -0.4 is 10.6 Å². The first-order valence-electron chi connectivity index (χ1n) is 7.77. The summed E-state index contributed by atoms with van der Waals surface area (Å²) in [5, 5.41) is 6.67. The zero-order chi connectivity index (χ0) is 16.2. The van der Waals surface area contributed by atoms with E-state index in [-0.39, 0.29) is 5.91 Å². The first kappa shape index (κ1) is 16.1. The van der Waals surface area contributed by atoms with E-state index in [1.165, 1.54) is 27.3 Å². The van der Waals surface area contributed by atoms with E-state index in [9.17, 15) is 4.79 Å². The zero-order valence-corrected chi connectivity index (χ0v) is 14.2. The molecule has 1 aromatic carbocycles. The molecule has 1 aromatic heterocycles. The van der Waals surface area contributed by atoms with Gasteiger partial charge in [0.1, 0.15) is 6.10 Å². The predicted octanol–water partition coefficient (Wildman–Crippen LogP) is 2.28. The maximum atomic E-state index is 12.2. The molecule has 6 heteroatoms. The van der Waals surface area contributed by atoms with Gasteiger partial charge in [-0.3, -0.25) is 10.1 Å². The summed E-state index contributed by atoms with van der Waals surface area (Å²) in [6.45, 7) is 5.97. The molecule has 0 spiro atoms. The Morgan fingerprint density at radius 1 is 1.39 bits per heavy atom. The highest BCUT2D eigenvalue weighted by molar-refractivity contribution is 7.15. The van der Waals surface area contributed by atoms with Gasteiger partial charge >= 0.3 is 0 Å². The number of hydrogen-bond acceptors (Lipinski definition) is 5. The molecular formula is C17H21N3O2S. The number of ether oxygens (including phenoxy) is 1. The van der Waals surface area contributed by atoms with E-state index in [1.807, 2.05) is 6.92 Å². The van der Waals surface area contributed by atoms with Gasteiger partial charge in [-0.25, -0.2) is 4.98 Å². The van der Waals surface area contributed by atoms with Crippen molar-refractivity contribution in [3.05, 3.63) is 46.0 Å². The van der Waals surface area contributed by atoms with Crippen molar-refractivity contribution < 1.29 is 9.53 Å². The lowest BCUT2D eigenvalue weighted by molar-refractivity contribution is -0.128. The molecule has 3 rings (SSSR count). The number of nitrogens with zero attached hydrogens (tertiary/aromatic N) is 1. The summed E-state index contributed by atoms with van der Waals surface area (Å²) in [6, 6.07) is 8.49. The van der Waals surface area contributed by atoms with Gasteiger partial charge in [0.05, 0.1) is 12.3 Å². The maximum Gasteiger partial charge on any atom is 0.256 e. The van der Waals surface area contributed by atoms with Gasteiger partial charge < -0.3 is 10.1 Å². The van der Waals surface area contributed by atoms with E-state index in [0.29, 0.717) is 18.3 Å². The molecule has 1 atom stereocenters. The maximum absolute atomic E-state index is 12.2. The lowest BCUT2D eigenvalue weighted by atomic mass is 10.1. The molecule has 1 fully saturated rings. The Hall–Kier alpha value is -1.76. The minimum atomic E-state index is -0.437. The van der Waals surface area contributed by atoms with Crippen LogP contribution >= 0.6 is 11.3 Å². The van der Waals surface area contributed by atoms with Crippen LogP contribution in [-0.4, -0.2) is 36.7 Å². The van der Waals surface area contributed by atoms with E-state index in [0.717, 1.165) is 18.7 Å². The Labute approximate surface area is 140 Å². The van der Waals surface area contributed by atoms with Crippen LogP contribution in [0.3, 0.4) is 0 Å². The monoisotopic (exact) mass is 331 g/mol. The van der Waals surface area contributed by atoms with Gasteiger partial charge in [-0.1, -0.05) is 29.8 Å². The lowest BCUT2D eigenvalue weighted by Crippen LogP contribution is -2.45. The second-order valence-corrected chi connectivity index (χ2v) is 6.83. The van der Waals surface area contributed by atoms with Crippen LogP contribution in [0.25, 0.3) is 0 Å². The van der Waals surface area contributed by atoms with Gasteiger partial charge in [-0.05, 0) is 19.4 Å². The van der Waals surface area contributed by atoms with Gasteiger partial charge in [0.2, 0.25) is 0 Å². The lowest BCUT2D eigenvalue weighted by Gasteiger charge is -2.22. The van der Waals surface area contributed by atoms with Gasteiger partial charge in [0, 0.05) is 24.4 Å². The number of aromatic nitrogens is 1. The largest absolute Gasteiger partial charge is 0.366 e. The number of amides is 1. The predicted molar refractivity (Wildman–Crippen MR) is 92.1 cm³/mol. The van der Waals surface area contributed by atoms with Gasteiger partial charge in [0.25, 0.3) is 5.91 Å². The summed E-state index contributed by atoms with van der Waals surface area (Å²) in [4.78, 5) is 17.8. The smallest absolute Gasteiger partial charge is 0.256 e. The normalized spacial score (nSPS) is 17.9. The molecule has 0 saturated carbocycles. The van der Waals surface area contributed by atoms with E-state index in [4.69, 9.17) is 4.74 Å². The molecule has 0 bridgehead atoms. The first-order chi connectivity index (χ1) is 11.1. The Bertz CT molecular complexity index is 676. The third kappa shape index (κ3) is 4.16. The summed E-state index contributed by atoms with van der Waals surface area (Å²) < 4.78 is 5.46. The van der Waals surface area contributed by atoms with Gasteiger partial charge in [-0.2, -0.15) is 0 Å². The summed E-state index contributed by atoms with van der Waals surface area (Å²) in [6.07, 6.45) is 0.398. The van der Waals surface area contributed by atoms with Crippen molar-refractivity contribution in [3.8, 4) is 0 Å². The minimum Gasteiger partial charge on any atom is -0.366 e. The van der Waals surface area contributed by atoms with Gasteiger partial charge in [0.15, 0.2) is 5.13 Å². The Morgan fingerprint density at radius 2 is 2.17 bits per heavy atom. The molecule has 23 heavy (non-hydrogen) atoms. The van der Waals surface area contributed by atoms with Crippen LogP contribution in [0.2, 0.25) is 0 Å². The number of aryl methyl sites for hydroxylation is 2. The summed E-state index contributed by atoms with van der Waals surface area (Å²) in [7, 11) is 0. The molecule has 122 valence electrons. The molecule has 2 N–H and O–H groups in total. The fourth-order valence-corrected chi connectivity index (χ4v) is 3.46. The first-order valence-corrected chi connectivity index (χ1v) is 8.58. The quantitative estimate of drug-likeness (QED) is 0.902. The molecule has 1 unspecified atom stereocenters. The number of rotatable bonds is 4. The highest BCUT2D eigenvalue weighted by Gasteiger charge is 2.23. The molecule has 1 saturated heterocycles. The number of morpholine rings is 1. The second-order valence-electron chi connectivity index (χ2n) is 5.74. The topological polar surface area (TPSA) is 63.2 Å². The number of carbonyl (C=O) groups is 1. The van der Waals surface area contributed by atoms with Crippen molar-refractivity contribution in [2.45, 2.75) is 26.4 Å². The van der Waals surface area contributed by atoms with Crippen LogP contribution in [0.15, 0.2) is 24.3 Å². The van der Waals surface area contributed by atoms with Gasteiger partial charge in [-0.15, -0.1) is 11.3 Å². The van der Waals surface area contributed by atoms with Crippen LogP contribution in [0.5, 0.6) is 0 Å². The van der Waals surface area contributed by atoms with Crippen molar-refractivity contribution in [1.82, 2.24) is 10.3 Å². The molecule has 5 nitrogen and oxygen atoms in total. The number of carbonyl (C=O) groups excluding carboxylic acids is 1. The molecule has 1 aliphatic rings. The highest BCUT2D eigenvalue weighted by Crippen LogP contribution is 2.25. The Morgan fingerprint density at radius 3 is 2.87 bits per heavy atom. The highest BCUT2D eigenvalue weighted by atomic mass is 32.1. The number of anilines is 1. The average molecular weight is 331 g/mol. The molecular weight excluding hydrogens is 310 g/mol. The van der Waals surface area contributed by atoms with Crippen LogP contribution in [-0.2, 0) is 16.0 Å². The minimum absolute atomic E-state index is 0.132. The van der Waals surface area contributed by atoms with E-state index < -0.39 is 6.10 Å². The fourth-order valence-electron chi connectivity index (χ4n) is 2.46. The van der Waals surface area contributed by atoms with Crippen LogP contribution in [0.4, 0.5) is 5.13 Å². The fraction of sp³-hybridized carbons (Fsp3) is 0.412. The standard InChI is InChI=1S/C17H21N3O2S/c1-11-3-5-13(6-4-11)9-15-12(2)19-17(23-15)20-16(21)14-10-18-7-8-22-14/h3-6,14,18H,7-10H2,1-2H3,(H,19,20,21). The van der Waals surface area contributed by atoms with Crippen molar-refractivity contribution >= 4 is 22.4 Å². The zero-order valence-electron chi connectivity index (χ0n) is 13.4. The van der Waals surface area contributed by atoms with E-state index in [2.05, 4.69) is 46.8 Å². The average Bonchev–Trinajstić information content (AvgIpc) is 2.90.